The van der Waals surface area contributed by atoms with Gasteiger partial charge in [0, 0.05) is 40.3 Å². The number of aryl methyl sites for hydroxylation is 2. The number of piperazine rings is 1. The minimum absolute atomic E-state index is 0.0742. The number of hydrogen-bond donors (Lipinski definition) is 2. The first kappa shape index (κ1) is 14.0. The number of carbonyl (C=O) groups is 1. The molecule has 2 heterocycles. The number of carbonyl (C=O) groups excluding carboxylic acids is 1. The first-order chi connectivity index (χ1) is 9.15. The molecule has 0 bridgehead atoms. The predicted octanol–water partition coefficient (Wildman–Crippen LogP) is -0.498. The Morgan fingerprint density at radius 3 is 3.05 bits per heavy atom. The van der Waals surface area contributed by atoms with Crippen molar-refractivity contribution in [2.45, 2.75) is 25.9 Å². The molecule has 1 atom stereocenters. The second-order valence-electron chi connectivity index (χ2n) is 4.91. The fourth-order valence-electron chi connectivity index (χ4n) is 2.46. The standard InChI is InChI=1S/C13H23N5O/c1-4-10-7-11(17(3)16-10)9-18-6-5-15-8-12(18)13(19)14-2/h7,12,15H,4-6,8-9H2,1-3H3,(H,14,19). The molecule has 1 aromatic rings. The van der Waals surface area contributed by atoms with Gasteiger partial charge >= 0.3 is 0 Å². The highest BCUT2D eigenvalue weighted by atomic mass is 16.2. The average Bonchev–Trinajstić information content (AvgIpc) is 2.79. The summed E-state index contributed by atoms with van der Waals surface area (Å²) < 4.78 is 1.92. The van der Waals surface area contributed by atoms with Crippen LogP contribution < -0.4 is 10.6 Å². The van der Waals surface area contributed by atoms with E-state index in [9.17, 15) is 4.79 Å². The molecule has 0 aliphatic carbocycles. The zero-order chi connectivity index (χ0) is 13.8. The molecule has 0 saturated carbocycles. The van der Waals surface area contributed by atoms with Crippen molar-refractivity contribution in [1.29, 1.82) is 0 Å². The van der Waals surface area contributed by atoms with Crippen molar-refractivity contribution in [2.24, 2.45) is 7.05 Å². The van der Waals surface area contributed by atoms with Gasteiger partial charge in [0.15, 0.2) is 0 Å². The Labute approximate surface area is 114 Å². The van der Waals surface area contributed by atoms with Crippen LogP contribution in [0.4, 0.5) is 0 Å². The zero-order valence-electron chi connectivity index (χ0n) is 11.9. The maximum Gasteiger partial charge on any atom is 0.238 e. The third-order valence-corrected chi connectivity index (χ3v) is 3.66. The summed E-state index contributed by atoms with van der Waals surface area (Å²) in [6.07, 6.45) is 0.939. The Kier molecular flexibility index (Phi) is 4.55. The van der Waals surface area contributed by atoms with Crippen LogP contribution in [-0.2, 0) is 24.8 Å². The van der Waals surface area contributed by atoms with E-state index in [-0.39, 0.29) is 11.9 Å². The van der Waals surface area contributed by atoms with Crippen LogP contribution in [0.15, 0.2) is 6.07 Å². The van der Waals surface area contributed by atoms with Crippen molar-refractivity contribution in [1.82, 2.24) is 25.3 Å². The van der Waals surface area contributed by atoms with Gasteiger partial charge in [0.2, 0.25) is 5.91 Å². The lowest BCUT2D eigenvalue weighted by Gasteiger charge is -2.34. The quantitative estimate of drug-likeness (QED) is 0.771. The van der Waals surface area contributed by atoms with Gasteiger partial charge in [0.1, 0.15) is 6.04 Å². The van der Waals surface area contributed by atoms with Crippen LogP contribution in [0.5, 0.6) is 0 Å². The fraction of sp³-hybridized carbons (Fsp3) is 0.692. The van der Waals surface area contributed by atoms with E-state index >= 15 is 0 Å². The number of likely N-dealkylation sites (N-methyl/N-ethyl adjacent to an activating group) is 1. The minimum atomic E-state index is -0.0984. The summed E-state index contributed by atoms with van der Waals surface area (Å²) in [5.41, 5.74) is 2.26. The smallest absolute Gasteiger partial charge is 0.238 e. The number of hydrogen-bond acceptors (Lipinski definition) is 4. The van der Waals surface area contributed by atoms with Crippen LogP contribution in [0.3, 0.4) is 0 Å². The molecule has 1 amide bonds. The molecule has 1 aliphatic heterocycles. The minimum Gasteiger partial charge on any atom is -0.358 e. The highest BCUT2D eigenvalue weighted by Crippen LogP contribution is 2.12. The maximum atomic E-state index is 11.9. The molecule has 0 spiro atoms. The fourth-order valence-corrected chi connectivity index (χ4v) is 2.46. The molecular weight excluding hydrogens is 242 g/mol. The van der Waals surface area contributed by atoms with Crippen LogP contribution in [0.25, 0.3) is 0 Å². The van der Waals surface area contributed by atoms with E-state index in [0.29, 0.717) is 6.54 Å². The van der Waals surface area contributed by atoms with Gasteiger partial charge in [-0.15, -0.1) is 0 Å². The van der Waals surface area contributed by atoms with Crippen LogP contribution >= 0.6 is 0 Å². The van der Waals surface area contributed by atoms with E-state index in [4.69, 9.17) is 0 Å². The highest BCUT2D eigenvalue weighted by Gasteiger charge is 2.28. The second kappa shape index (κ2) is 6.16. The summed E-state index contributed by atoms with van der Waals surface area (Å²) in [5, 5.41) is 10.5. The first-order valence-electron chi connectivity index (χ1n) is 6.83. The number of amides is 1. The highest BCUT2D eigenvalue weighted by molar-refractivity contribution is 5.81. The summed E-state index contributed by atoms with van der Waals surface area (Å²) in [6, 6.07) is 2.03. The molecule has 0 aromatic carbocycles. The van der Waals surface area contributed by atoms with E-state index in [1.165, 1.54) is 0 Å². The van der Waals surface area contributed by atoms with Crippen molar-refractivity contribution in [3.05, 3.63) is 17.5 Å². The van der Waals surface area contributed by atoms with Gasteiger partial charge in [-0.05, 0) is 12.5 Å². The molecule has 1 saturated heterocycles. The van der Waals surface area contributed by atoms with Gasteiger partial charge in [0.05, 0.1) is 11.4 Å². The summed E-state index contributed by atoms with van der Waals surface area (Å²) >= 11 is 0. The van der Waals surface area contributed by atoms with E-state index in [1.54, 1.807) is 7.05 Å². The molecule has 106 valence electrons. The van der Waals surface area contributed by atoms with Crippen molar-refractivity contribution in [2.75, 3.05) is 26.7 Å². The lowest BCUT2D eigenvalue weighted by atomic mass is 10.1. The average molecular weight is 265 g/mol. The van der Waals surface area contributed by atoms with Crippen LogP contribution in [0, 0.1) is 0 Å². The normalized spacial score (nSPS) is 20.5. The molecule has 1 aromatic heterocycles. The van der Waals surface area contributed by atoms with Crippen molar-refractivity contribution >= 4 is 5.91 Å². The van der Waals surface area contributed by atoms with Gasteiger partial charge in [-0.1, -0.05) is 6.92 Å². The Bertz CT molecular complexity index is 442. The lowest BCUT2D eigenvalue weighted by Crippen LogP contribution is -2.57. The predicted molar refractivity (Wildman–Crippen MR) is 73.7 cm³/mol. The van der Waals surface area contributed by atoms with Crippen molar-refractivity contribution in [3.63, 3.8) is 0 Å². The maximum absolute atomic E-state index is 11.9. The van der Waals surface area contributed by atoms with Gasteiger partial charge in [-0.3, -0.25) is 14.4 Å². The van der Waals surface area contributed by atoms with Crippen LogP contribution in [0.2, 0.25) is 0 Å². The Hall–Kier alpha value is -1.40. The van der Waals surface area contributed by atoms with Crippen LogP contribution in [0.1, 0.15) is 18.3 Å². The Morgan fingerprint density at radius 1 is 1.63 bits per heavy atom. The van der Waals surface area contributed by atoms with Gasteiger partial charge in [-0.2, -0.15) is 5.10 Å². The molecule has 1 fully saturated rings. The molecule has 2 rings (SSSR count). The van der Waals surface area contributed by atoms with Gasteiger partial charge < -0.3 is 10.6 Å². The molecule has 0 radical (unpaired) electrons. The number of nitrogens with one attached hydrogen (secondary N) is 2. The zero-order valence-corrected chi connectivity index (χ0v) is 11.9. The number of nitrogens with zero attached hydrogens (tertiary/aromatic N) is 3. The first-order valence-corrected chi connectivity index (χ1v) is 6.83. The summed E-state index contributed by atoms with van der Waals surface area (Å²) in [7, 11) is 3.65. The molecule has 6 nitrogen and oxygen atoms in total. The summed E-state index contributed by atoms with van der Waals surface area (Å²) in [5.74, 6) is 0.0742. The summed E-state index contributed by atoms with van der Waals surface area (Å²) in [6.45, 7) is 5.38. The van der Waals surface area contributed by atoms with Crippen molar-refractivity contribution < 1.29 is 4.79 Å². The third kappa shape index (κ3) is 3.13. The van der Waals surface area contributed by atoms with Gasteiger partial charge in [0.25, 0.3) is 0 Å². The van der Waals surface area contributed by atoms with E-state index < -0.39 is 0 Å². The van der Waals surface area contributed by atoms with E-state index in [2.05, 4.69) is 33.6 Å². The van der Waals surface area contributed by atoms with E-state index in [0.717, 1.165) is 37.4 Å². The van der Waals surface area contributed by atoms with E-state index in [1.807, 2.05) is 11.7 Å². The second-order valence-corrected chi connectivity index (χ2v) is 4.91. The Balaban J connectivity index is 2.10. The molecular formula is C13H23N5O. The monoisotopic (exact) mass is 265 g/mol. The third-order valence-electron chi connectivity index (χ3n) is 3.66. The molecule has 19 heavy (non-hydrogen) atoms. The molecule has 1 unspecified atom stereocenters. The largest absolute Gasteiger partial charge is 0.358 e. The molecule has 2 N–H and O–H groups in total. The van der Waals surface area contributed by atoms with Crippen LogP contribution in [-0.4, -0.2) is 53.3 Å². The SMILES string of the molecule is CCc1cc(CN2CCNCC2C(=O)NC)n(C)n1. The Morgan fingerprint density at radius 2 is 2.42 bits per heavy atom. The topological polar surface area (TPSA) is 62.2 Å². The number of aromatic nitrogens is 2. The lowest BCUT2D eigenvalue weighted by molar-refractivity contribution is -0.126. The molecule has 1 aliphatic rings. The van der Waals surface area contributed by atoms with Crippen molar-refractivity contribution in [3.8, 4) is 0 Å². The van der Waals surface area contributed by atoms with Gasteiger partial charge in [-0.25, -0.2) is 0 Å². The number of rotatable bonds is 4. The summed E-state index contributed by atoms with van der Waals surface area (Å²) in [4.78, 5) is 14.1. The molecule has 6 heteroatoms.